The normalized spacial score (nSPS) is 13.4. The van der Waals surface area contributed by atoms with Crippen molar-refractivity contribution in [3.63, 3.8) is 0 Å². The van der Waals surface area contributed by atoms with Crippen LogP contribution in [0.3, 0.4) is 0 Å². The third kappa shape index (κ3) is 6.51. The highest BCUT2D eigenvalue weighted by Crippen LogP contribution is 2.33. The molecule has 0 bridgehead atoms. The van der Waals surface area contributed by atoms with Crippen molar-refractivity contribution < 1.29 is 27.8 Å². The first-order valence-electron chi connectivity index (χ1n) is 11.4. The number of nitrogens with zero attached hydrogens (tertiary/aromatic N) is 2. The molecule has 3 N–H and O–H groups in total. The van der Waals surface area contributed by atoms with Crippen LogP contribution in [0.4, 0.5) is 18.0 Å². The van der Waals surface area contributed by atoms with E-state index in [2.05, 4.69) is 20.5 Å². The summed E-state index contributed by atoms with van der Waals surface area (Å²) in [5, 5.41) is 20.1. The molecule has 0 radical (unpaired) electrons. The highest BCUT2D eigenvalue weighted by Gasteiger charge is 2.30. The zero-order valence-corrected chi connectivity index (χ0v) is 20.7. The van der Waals surface area contributed by atoms with E-state index in [0.717, 1.165) is 34.3 Å². The Morgan fingerprint density at radius 3 is 2.59 bits per heavy atom. The Kier molecular flexibility index (Phi) is 7.58. The van der Waals surface area contributed by atoms with E-state index in [1.807, 2.05) is 25.1 Å². The lowest BCUT2D eigenvalue weighted by Gasteiger charge is -2.22. The predicted octanol–water partition coefficient (Wildman–Crippen LogP) is 6.64. The maximum Gasteiger partial charge on any atom is 0.416 e. The summed E-state index contributed by atoms with van der Waals surface area (Å²) in [4.78, 5) is 15.6. The lowest BCUT2D eigenvalue weighted by atomic mass is 10.00. The topological polar surface area (TPSA) is 100 Å². The van der Waals surface area contributed by atoms with Crippen LogP contribution in [0.1, 0.15) is 30.2 Å². The minimum absolute atomic E-state index is 0.201. The van der Waals surface area contributed by atoms with Crippen molar-refractivity contribution in [2.75, 3.05) is 0 Å². The van der Waals surface area contributed by atoms with Crippen molar-refractivity contribution in [2.24, 2.45) is 0 Å². The number of carboxylic acid groups (broad SMARTS) is 1. The summed E-state index contributed by atoms with van der Waals surface area (Å²) in [5.74, 6) is 0.444. The SMILES string of the molecule is Cc1n[nH]c2ccc(-c3cc(OC(C)C[C@H](Cc4ccc(C(F)(F)F)cc4)NC(=O)O)cnc3Cl)cc12. The van der Waals surface area contributed by atoms with Gasteiger partial charge in [0.1, 0.15) is 10.9 Å². The number of aromatic amines is 1. The third-order valence-electron chi connectivity index (χ3n) is 5.92. The largest absolute Gasteiger partial charge is 0.489 e. The van der Waals surface area contributed by atoms with Gasteiger partial charge in [-0.2, -0.15) is 18.3 Å². The van der Waals surface area contributed by atoms with Gasteiger partial charge in [-0.15, -0.1) is 0 Å². The van der Waals surface area contributed by atoms with Crippen LogP contribution in [0.15, 0.2) is 54.7 Å². The first-order chi connectivity index (χ1) is 17.5. The van der Waals surface area contributed by atoms with Crippen molar-refractivity contribution >= 4 is 28.6 Å². The number of pyridine rings is 1. The fourth-order valence-electron chi connectivity index (χ4n) is 4.17. The van der Waals surface area contributed by atoms with Crippen LogP contribution >= 0.6 is 11.6 Å². The molecule has 11 heteroatoms. The number of carbonyl (C=O) groups is 1. The highest BCUT2D eigenvalue weighted by molar-refractivity contribution is 6.32. The predicted molar refractivity (Wildman–Crippen MR) is 134 cm³/mol. The number of aromatic nitrogens is 3. The van der Waals surface area contributed by atoms with Gasteiger partial charge in [0.05, 0.1) is 29.1 Å². The van der Waals surface area contributed by atoms with Gasteiger partial charge in [0.15, 0.2) is 0 Å². The van der Waals surface area contributed by atoms with Crippen molar-refractivity contribution in [2.45, 2.75) is 45.0 Å². The molecule has 0 aliphatic heterocycles. The van der Waals surface area contributed by atoms with Crippen LogP contribution in [-0.4, -0.2) is 38.5 Å². The fraction of sp³-hybridized carbons (Fsp3) is 0.269. The van der Waals surface area contributed by atoms with Gasteiger partial charge in [-0.05, 0) is 61.7 Å². The van der Waals surface area contributed by atoms with Gasteiger partial charge in [-0.25, -0.2) is 9.78 Å². The minimum Gasteiger partial charge on any atom is -0.489 e. The number of fused-ring (bicyclic) bond motifs is 1. The average Bonchev–Trinajstić information content (AvgIpc) is 3.19. The molecule has 0 aliphatic carbocycles. The quantitative estimate of drug-likeness (QED) is 0.221. The minimum atomic E-state index is -4.44. The molecule has 2 aromatic carbocycles. The van der Waals surface area contributed by atoms with Crippen LogP contribution in [0.25, 0.3) is 22.0 Å². The molecule has 7 nitrogen and oxygen atoms in total. The van der Waals surface area contributed by atoms with Gasteiger partial charge in [0, 0.05) is 23.4 Å². The maximum atomic E-state index is 12.8. The summed E-state index contributed by atoms with van der Waals surface area (Å²) in [7, 11) is 0. The Morgan fingerprint density at radius 1 is 1.19 bits per heavy atom. The van der Waals surface area contributed by atoms with E-state index < -0.39 is 30.0 Å². The number of nitrogens with one attached hydrogen (secondary N) is 2. The molecule has 0 saturated carbocycles. The number of hydrogen-bond acceptors (Lipinski definition) is 4. The Balaban J connectivity index is 1.48. The van der Waals surface area contributed by atoms with E-state index in [1.54, 1.807) is 13.0 Å². The summed E-state index contributed by atoms with van der Waals surface area (Å²) in [6.45, 7) is 3.67. The lowest BCUT2D eigenvalue weighted by Crippen LogP contribution is -2.38. The van der Waals surface area contributed by atoms with Gasteiger partial charge in [0.2, 0.25) is 0 Å². The van der Waals surface area contributed by atoms with Crippen molar-refractivity contribution in [1.82, 2.24) is 20.5 Å². The van der Waals surface area contributed by atoms with Gasteiger partial charge in [-0.1, -0.05) is 29.8 Å². The molecule has 194 valence electrons. The average molecular weight is 533 g/mol. The lowest BCUT2D eigenvalue weighted by molar-refractivity contribution is -0.137. The molecule has 2 aromatic heterocycles. The second-order valence-corrected chi connectivity index (χ2v) is 9.15. The van der Waals surface area contributed by atoms with E-state index in [-0.39, 0.29) is 12.8 Å². The van der Waals surface area contributed by atoms with Crippen molar-refractivity contribution in [3.05, 3.63) is 76.7 Å². The number of halogens is 4. The molecule has 0 saturated heterocycles. The monoisotopic (exact) mass is 532 g/mol. The van der Waals surface area contributed by atoms with Crippen LogP contribution in [0.5, 0.6) is 5.75 Å². The molecule has 0 fully saturated rings. The van der Waals surface area contributed by atoms with Gasteiger partial charge in [0.25, 0.3) is 0 Å². The van der Waals surface area contributed by atoms with Crippen LogP contribution in [-0.2, 0) is 12.6 Å². The first kappa shape index (κ1) is 26.3. The summed E-state index contributed by atoms with van der Waals surface area (Å²) >= 11 is 6.37. The molecule has 0 aliphatic rings. The smallest absolute Gasteiger partial charge is 0.416 e. The fourth-order valence-corrected chi connectivity index (χ4v) is 4.38. The molecule has 37 heavy (non-hydrogen) atoms. The molecule has 0 spiro atoms. The molecule has 1 unspecified atom stereocenters. The molecule has 4 rings (SSSR count). The number of rotatable bonds is 8. The molecule has 4 aromatic rings. The summed E-state index contributed by atoms with van der Waals surface area (Å²) in [6, 6.07) is 11.6. The second kappa shape index (κ2) is 10.7. The molecule has 2 atom stereocenters. The molecule has 1 amide bonds. The number of hydrogen-bond donors (Lipinski definition) is 3. The van der Waals surface area contributed by atoms with E-state index in [9.17, 15) is 23.1 Å². The zero-order valence-electron chi connectivity index (χ0n) is 19.9. The maximum absolute atomic E-state index is 12.8. The number of ether oxygens (including phenoxy) is 1. The summed E-state index contributed by atoms with van der Waals surface area (Å²) in [5.41, 5.74) is 3.06. The molecular formula is C26H24ClF3N4O3. The zero-order chi connectivity index (χ0) is 26.7. The van der Waals surface area contributed by atoms with E-state index in [0.29, 0.717) is 22.0 Å². The van der Waals surface area contributed by atoms with Gasteiger partial charge < -0.3 is 15.2 Å². The number of alkyl halides is 3. The molecular weight excluding hydrogens is 509 g/mol. The van der Waals surface area contributed by atoms with Crippen LogP contribution < -0.4 is 10.1 Å². The van der Waals surface area contributed by atoms with Gasteiger partial charge in [-0.3, -0.25) is 5.10 Å². The number of benzene rings is 2. The van der Waals surface area contributed by atoms with Crippen molar-refractivity contribution in [3.8, 4) is 16.9 Å². The second-order valence-electron chi connectivity index (χ2n) is 8.79. The Bertz CT molecular complexity index is 1410. The number of H-pyrrole nitrogens is 1. The number of amides is 1. The molecule has 2 heterocycles. The Hall–Kier alpha value is -3.79. The van der Waals surface area contributed by atoms with Crippen LogP contribution in [0.2, 0.25) is 5.15 Å². The number of aryl methyl sites for hydroxylation is 1. The van der Waals surface area contributed by atoms with E-state index >= 15 is 0 Å². The van der Waals surface area contributed by atoms with Gasteiger partial charge >= 0.3 is 12.3 Å². The van der Waals surface area contributed by atoms with Crippen molar-refractivity contribution in [1.29, 1.82) is 0 Å². The standard InChI is InChI=1S/C26H24ClF3N4O3/c1-14(9-19(32-25(35)36)10-16-3-6-18(7-4-16)26(28,29)30)37-20-12-22(24(27)31-13-20)17-5-8-23-21(11-17)15(2)33-34-23/h3-8,11-14,19,32H,9-10H2,1-2H3,(H,33,34)(H,35,36)/t14?,19-/m1/s1. The first-order valence-corrected chi connectivity index (χ1v) is 11.8. The summed E-state index contributed by atoms with van der Waals surface area (Å²) < 4.78 is 44.5. The third-order valence-corrected chi connectivity index (χ3v) is 6.22. The summed E-state index contributed by atoms with van der Waals surface area (Å²) in [6.07, 6.45) is -4.16. The Morgan fingerprint density at radius 2 is 1.92 bits per heavy atom. The van der Waals surface area contributed by atoms with E-state index in [1.165, 1.54) is 18.3 Å². The Labute approximate surface area is 215 Å². The van der Waals surface area contributed by atoms with E-state index in [4.69, 9.17) is 16.3 Å². The highest BCUT2D eigenvalue weighted by atomic mass is 35.5. The van der Waals surface area contributed by atoms with Crippen LogP contribution in [0, 0.1) is 6.92 Å².